The van der Waals surface area contributed by atoms with Gasteiger partial charge in [0, 0.05) is 25.4 Å². The molecule has 4 nitrogen and oxygen atoms in total. The molecule has 0 aliphatic carbocycles. The highest BCUT2D eigenvalue weighted by atomic mass is 16.2. The van der Waals surface area contributed by atoms with Gasteiger partial charge >= 0.3 is 0 Å². The Labute approximate surface area is 111 Å². The van der Waals surface area contributed by atoms with E-state index in [-0.39, 0.29) is 11.8 Å². The van der Waals surface area contributed by atoms with Crippen molar-refractivity contribution in [1.82, 2.24) is 14.9 Å². The molecule has 1 aromatic carbocycles. The molecule has 1 aromatic heterocycles. The summed E-state index contributed by atoms with van der Waals surface area (Å²) in [5.41, 5.74) is 2.75. The van der Waals surface area contributed by atoms with Gasteiger partial charge in [0.25, 0.3) is 0 Å². The van der Waals surface area contributed by atoms with Gasteiger partial charge in [-0.1, -0.05) is 30.3 Å². The van der Waals surface area contributed by atoms with Crippen molar-refractivity contribution in [2.75, 3.05) is 6.54 Å². The molecule has 19 heavy (non-hydrogen) atoms. The lowest BCUT2D eigenvalue weighted by Gasteiger charge is -2.06. The largest absolute Gasteiger partial charge is 0.351 e. The first-order valence-electron chi connectivity index (χ1n) is 6.27. The number of nitrogens with zero attached hydrogens (tertiary/aromatic N) is 2. The van der Waals surface area contributed by atoms with Gasteiger partial charge in [-0.2, -0.15) is 0 Å². The summed E-state index contributed by atoms with van der Waals surface area (Å²) < 4.78 is 1.90. The van der Waals surface area contributed by atoms with Crippen molar-refractivity contribution in [1.29, 1.82) is 0 Å². The molecule has 1 N–H and O–H groups in total. The topological polar surface area (TPSA) is 46.9 Å². The van der Waals surface area contributed by atoms with Crippen LogP contribution in [0.5, 0.6) is 0 Å². The highest BCUT2D eigenvalue weighted by molar-refractivity contribution is 6.01. The van der Waals surface area contributed by atoms with Crippen LogP contribution in [0.15, 0.2) is 48.4 Å². The lowest BCUT2D eigenvalue weighted by Crippen LogP contribution is -2.14. The third kappa shape index (κ3) is 2.29. The zero-order valence-electron chi connectivity index (χ0n) is 10.7. The first kappa shape index (κ1) is 11.7. The van der Waals surface area contributed by atoms with Gasteiger partial charge in [0.2, 0.25) is 5.91 Å². The Morgan fingerprint density at radius 3 is 2.84 bits per heavy atom. The Bertz CT molecular complexity index is 628. The molecule has 1 aliphatic rings. The molecule has 2 heterocycles. The molecule has 0 saturated carbocycles. The number of hydrogen-bond acceptors (Lipinski definition) is 2. The van der Waals surface area contributed by atoms with Gasteiger partial charge in [-0.3, -0.25) is 4.79 Å². The number of rotatable bonds is 2. The fraction of sp³-hybridized carbons (Fsp3) is 0.200. The van der Waals surface area contributed by atoms with Crippen LogP contribution in [0.1, 0.15) is 17.2 Å². The van der Waals surface area contributed by atoms with Crippen molar-refractivity contribution < 1.29 is 4.79 Å². The highest BCUT2D eigenvalue weighted by Crippen LogP contribution is 2.28. The summed E-state index contributed by atoms with van der Waals surface area (Å²) >= 11 is 0. The van der Waals surface area contributed by atoms with Crippen molar-refractivity contribution in [3.05, 3.63) is 59.7 Å². The first-order valence-corrected chi connectivity index (χ1v) is 6.27. The number of aromatic nitrogens is 2. The van der Waals surface area contributed by atoms with Crippen molar-refractivity contribution >= 4 is 12.0 Å². The van der Waals surface area contributed by atoms with Crippen molar-refractivity contribution in [2.24, 2.45) is 7.05 Å². The van der Waals surface area contributed by atoms with Crippen LogP contribution in [0.25, 0.3) is 6.08 Å². The third-order valence-electron chi connectivity index (χ3n) is 3.31. The van der Waals surface area contributed by atoms with Gasteiger partial charge in [0.05, 0.1) is 17.9 Å². The van der Waals surface area contributed by atoms with Crippen molar-refractivity contribution in [3.8, 4) is 0 Å². The van der Waals surface area contributed by atoms with E-state index in [1.54, 1.807) is 6.33 Å². The van der Waals surface area contributed by atoms with Gasteiger partial charge in [0.15, 0.2) is 0 Å². The second kappa shape index (κ2) is 4.72. The molecular formula is C15H15N3O. The maximum Gasteiger partial charge on any atom is 0.248 e. The van der Waals surface area contributed by atoms with E-state index >= 15 is 0 Å². The Hall–Kier alpha value is -2.36. The molecule has 0 radical (unpaired) electrons. The zero-order chi connectivity index (χ0) is 13.2. The third-order valence-corrected chi connectivity index (χ3v) is 3.31. The second-order valence-electron chi connectivity index (χ2n) is 4.74. The van der Waals surface area contributed by atoms with Gasteiger partial charge < -0.3 is 9.88 Å². The minimum Gasteiger partial charge on any atom is -0.351 e. The molecule has 1 saturated heterocycles. The van der Waals surface area contributed by atoms with Gasteiger partial charge in [-0.05, 0) is 11.6 Å². The van der Waals surface area contributed by atoms with Crippen molar-refractivity contribution in [2.45, 2.75) is 5.92 Å². The Morgan fingerprint density at radius 1 is 1.37 bits per heavy atom. The number of aryl methyl sites for hydroxylation is 1. The van der Waals surface area contributed by atoms with E-state index in [2.05, 4.69) is 10.3 Å². The molecule has 4 heteroatoms. The molecule has 1 unspecified atom stereocenters. The van der Waals surface area contributed by atoms with E-state index < -0.39 is 0 Å². The normalized spacial score (nSPS) is 20.8. The molecule has 2 aromatic rings. The quantitative estimate of drug-likeness (QED) is 0.828. The van der Waals surface area contributed by atoms with Crippen LogP contribution in [0.4, 0.5) is 0 Å². The summed E-state index contributed by atoms with van der Waals surface area (Å²) in [4.78, 5) is 16.3. The predicted molar refractivity (Wildman–Crippen MR) is 73.4 cm³/mol. The van der Waals surface area contributed by atoms with Gasteiger partial charge in [-0.15, -0.1) is 0 Å². The first-order chi connectivity index (χ1) is 9.24. The van der Waals surface area contributed by atoms with Crippen LogP contribution in [0.2, 0.25) is 0 Å². The van der Waals surface area contributed by atoms with E-state index in [1.165, 1.54) is 0 Å². The molecule has 1 fully saturated rings. The summed E-state index contributed by atoms with van der Waals surface area (Å²) in [5, 5.41) is 2.89. The summed E-state index contributed by atoms with van der Waals surface area (Å²) in [6.45, 7) is 0.620. The van der Waals surface area contributed by atoms with E-state index in [0.717, 1.165) is 16.8 Å². The zero-order valence-corrected chi connectivity index (χ0v) is 10.7. The molecular weight excluding hydrogens is 238 g/mol. The summed E-state index contributed by atoms with van der Waals surface area (Å²) in [5.74, 6) is 0.0356. The summed E-state index contributed by atoms with van der Waals surface area (Å²) in [6.07, 6.45) is 5.67. The van der Waals surface area contributed by atoms with Crippen LogP contribution in [-0.4, -0.2) is 22.0 Å². The van der Waals surface area contributed by atoms with E-state index in [0.29, 0.717) is 6.54 Å². The second-order valence-corrected chi connectivity index (χ2v) is 4.74. The summed E-state index contributed by atoms with van der Waals surface area (Å²) in [6, 6.07) is 9.89. The number of carbonyl (C=O) groups is 1. The smallest absolute Gasteiger partial charge is 0.248 e. The fourth-order valence-corrected chi connectivity index (χ4v) is 2.34. The number of benzene rings is 1. The van der Waals surface area contributed by atoms with Crippen LogP contribution < -0.4 is 5.32 Å². The minimum absolute atomic E-state index is 0.000457. The Kier molecular flexibility index (Phi) is 2.91. The number of nitrogens with one attached hydrogen (secondary N) is 1. The van der Waals surface area contributed by atoms with Crippen LogP contribution in [-0.2, 0) is 11.8 Å². The maximum absolute atomic E-state index is 12.0. The molecule has 1 amide bonds. The Balaban J connectivity index is 1.97. The standard InChI is InChI=1S/C15H15N3O/c1-18-9-14(17-10-18)13-8-16-15(19)12(13)7-11-5-3-2-4-6-11/h2-7,9-10,13H,8H2,1H3,(H,16,19)/b12-7-. The van der Waals surface area contributed by atoms with Crippen LogP contribution in [0, 0.1) is 0 Å². The van der Waals surface area contributed by atoms with E-state index in [1.807, 2.05) is 54.2 Å². The van der Waals surface area contributed by atoms with E-state index in [4.69, 9.17) is 0 Å². The van der Waals surface area contributed by atoms with Crippen molar-refractivity contribution in [3.63, 3.8) is 0 Å². The van der Waals surface area contributed by atoms with Gasteiger partial charge in [0.1, 0.15) is 0 Å². The number of carbonyl (C=O) groups excluding carboxylic acids is 1. The van der Waals surface area contributed by atoms with Gasteiger partial charge in [-0.25, -0.2) is 4.98 Å². The average Bonchev–Trinajstić information content (AvgIpc) is 2.99. The number of hydrogen-bond donors (Lipinski definition) is 1. The molecule has 3 rings (SSSR count). The minimum atomic E-state index is -0.000457. The fourth-order valence-electron chi connectivity index (χ4n) is 2.34. The molecule has 1 atom stereocenters. The molecule has 96 valence electrons. The molecule has 0 bridgehead atoms. The SMILES string of the molecule is Cn1cnc(C2CNC(=O)/C2=C\c2ccccc2)c1. The lowest BCUT2D eigenvalue weighted by molar-refractivity contribution is -0.116. The van der Waals surface area contributed by atoms with Crippen LogP contribution in [0.3, 0.4) is 0 Å². The maximum atomic E-state index is 12.0. The molecule has 1 aliphatic heterocycles. The van der Waals surface area contributed by atoms with Crippen LogP contribution >= 0.6 is 0 Å². The Morgan fingerprint density at radius 2 is 2.16 bits per heavy atom. The number of amides is 1. The highest BCUT2D eigenvalue weighted by Gasteiger charge is 2.30. The predicted octanol–water partition coefficient (Wildman–Crippen LogP) is 1.72. The number of imidazole rings is 1. The summed E-state index contributed by atoms with van der Waals surface area (Å²) in [7, 11) is 1.93. The monoisotopic (exact) mass is 253 g/mol. The molecule has 0 spiro atoms. The van der Waals surface area contributed by atoms with E-state index in [9.17, 15) is 4.79 Å². The lowest BCUT2D eigenvalue weighted by atomic mass is 9.97. The average molecular weight is 253 g/mol.